The third kappa shape index (κ3) is 5.92. The summed E-state index contributed by atoms with van der Waals surface area (Å²) in [4.78, 5) is 37.5. The Balaban J connectivity index is 1.25. The number of esters is 1. The van der Waals surface area contributed by atoms with Crippen molar-refractivity contribution in [3.05, 3.63) is 66.5 Å². The van der Waals surface area contributed by atoms with E-state index in [-0.39, 0.29) is 24.0 Å². The Hall–Kier alpha value is -4.02. The molecule has 10 heteroatoms. The lowest BCUT2D eigenvalue weighted by Gasteiger charge is -2.42. The zero-order valence-electron chi connectivity index (χ0n) is 21.6. The Morgan fingerprint density at radius 3 is 2.89 bits per heavy atom. The first-order chi connectivity index (χ1) is 18.5. The number of rotatable bonds is 8. The molecule has 1 amide bonds. The van der Waals surface area contributed by atoms with Crippen molar-refractivity contribution >= 4 is 34.3 Å². The number of hydrogen-bond donors (Lipinski definition) is 2. The summed E-state index contributed by atoms with van der Waals surface area (Å²) < 4.78 is 10.7. The Morgan fingerprint density at radius 1 is 1.24 bits per heavy atom. The van der Waals surface area contributed by atoms with Gasteiger partial charge in [0.1, 0.15) is 24.5 Å². The Morgan fingerprint density at radius 2 is 2.08 bits per heavy atom. The number of nitrogens with zero attached hydrogens (tertiary/aromatic N) is 4. The van der Waals surface area contributed by atoms with E-state index in [9.17, 15) is 9.59 Å². The van der Waals surface area contributed by atoms with Crippen molar-refractivity contribution in [3.63, 3.8) is 0 Å². The third-order valence-electron chi connectivity index (χ3n) is 6.96. The Kier molecular flexibility index (Phi) is 7.81. The number of fused-ring (bicyclic) bond motifs is 2. The van der Waals surface area contributed by atoms with Crippen molar-refractivity contribution in [1.29, 1.82) is 0 Å². The van der Waals surface area contributed by atoms with Crippen LogP contribution in [0.3, 0.4) is 0 Å². The van der Waals surface area contributed by atoms with Crippen LogP contribution in [0.2, 0.25) is 0 Å². The number of amides is 1. The summed E-state index contributed by atoms with van der Waals surface area (Å²) in [5.41, 5.74) is 2.38. The summed E-state index contributed by atoms with van der Waals surface area (Å²) in [6, 6.07) is 14.0. The summed E-state index contributed by atoms with van der Waals surface area (Å²) in [6.07, 6.45) is 4.90. The second-order valence-corrected chi connectivity index (χ2v) is 9.53. The van der Waals surface area contributed by atoms with Crippen molar-refractivity contribution in [1.82, 2.24) is 19.8 Å². The van der Waals surface area contributed by atoms with Gasteiger partial charge in [-0.3, -0.25) is 19.4 Å². The molecular formula is C28H32N6O4. The van der Waals surface area contributed by atoms with Gasteiger partial charge in [0, 0.05) is 49.7 Å². The number of morpholine rings is 1. The summed E-state index contributed by atoms with van der Waals surface area (Å²) in [7, 11) is 1.56. The molecule has 2 aliphatic rings. The van der Waals surface area contributed by atoms with Crippen molar-refractivity contribution in [3.8, 4) is 5.75 Å². The number of nitrogens with one attached hydrogen (secondary N) is 2. The van der Waals surface area contributed by atoms with Gasteiger partial charge in [0.25, 0.3) is 0 Å². The van der Waals surface area contributed by atoms with Crippen molar-refractivity contribution < 1.29 is 19.1 Å². The van der Waals surface area contributed by atoms with Gasteiger partial charge in [0.2, 0.25) is 5.91 Å². The van der Waals surface area contributed by atoms with Crippen LogP contribution in [0.1, 0.15) is 18.5 Å². The molecule has 0 aliphatic carbocycles. The fraction of sp³-hybridized carbons (Fsp3) is 0.357. The maximum atomic E-state index is 12.8. The van der Waals surface area contributed by atoms with E-state index >= 15 is 0 Å². The fourth-order valence-corrected chi connectivity index (χ4v) is 4.87. The van der Waals surface area contributed by atoms with Crippen LogP contribution >= 0.6 is 0 Å². The van der Waals surface area contributed by atoms with Gasteiger partial charge < -0.3 is 20.1 Å². The van der Waals surface area contributed by atoms with Crippen molar-refractivity contribution in [2.24, 2.45) is 0 Å². The second kappa shape index (κ2) is 11.6. The van der Waals surface area contributed by atoms with Crippen LogP contribution in [0.4, 0.5) is 11.5 Å². The fourth-order valence-electron chi connectivity index (χ4n) is 4.87. The lowest BCUT2D eigenvalue weighted by molar-refractivity contribution is -0.157. The number of piperazine rings is 1. The first-order valence-corrected chi connectivity index (χ1v) is 12.7. The Labute approximate surface area is 221 Å². The molecule has 2 aliphatic heterocycles. The van der Waals surface area contributed by atoms with Crippen LogP contribution in [-0.2, 0) is 14.3 Å². The van der Waals surface area contributed by atoms with E-state index in [1.807, 2.05) is 30.3 Å². The summed E-state index contributed by atoms with van der Waals surface area (Å²) in [5, 5.41) is 7.17. The zero-order chi connectivity index (χ0) is 26.5. The molecule has 3 aromatic rings. The van der Waals surface area contributed by atoms with Gasteiger partial charge in [-0.25, -0.2) is 9.97 Å². The van der Waals surface area contributed by atoms with E-state index in [1.165, 1.54) is 12.4 Å². The minimum atomic E-state index is -0.253. The van der Waals surface area contributed by atoms with Gasteiger partial charge in [-0.1, -0.05) is 36.4 Å². The molecule has 2 aromatic carbocycles. The predicted molar refractivity (Wildman–Crippen MR) is 145 cm³/mol. The molecule has 2 atom stereocenters. The normalized spacial score (nSPS) is 19.1. The average Bonchev–Trinajstić information content (AvgIpc) is 2.93. The minimum absolute atomic E-state index is 0.0277. The van der Waals surface area contributed by atoms with Gasteiger partial charge in [-0.15, -0.1) is 0 Å². The van der Waals surface area contributed by atoms with E-state index in [0.29, 0.717) is 42.5 Å². The summed E-state index contributed by atoms with van der Waals surface area (Å²) in [5.74, 6) is 0.781. The van der Waals surface area contributed by atoms with E-state index in [4.69, 9.17) is 9.47 Å². The topological polar surface area (TPSA) is 109 Å². The quantitative estimate of drug-likeness (QED) is 0.345. The number of methoxy groups -OCH3 is 1. The maximum Gasteiger partial charge on any atom is 0.320 e. The zero-order valence-corrected chi connectivity index (χ0v) is 21.6. The van der Waals surface area contributed by atoms with Crippen LogP contribution in [0.15, 0.2) is 60.9 Å². The number of aromatic nitrogens is 2. The van der Waals surface area contributed by atoms with Crippen LogP contribution < -0.4 is 15.4 Å². The second-order valence-electron chi connectivity index (χ2n) is 9.53. The number of carbonyl (C=O) groups excluding carboxylic acids is 2. The van der Waals surface area contributed by atoms with E-state index in [0.717, 1.165) is 30.6 Å². The molecule has 2 saturated heterocycles. The van der Waals surface area contributed by atoms with E-state index in [2.05, 4.69) is 49.5 Å². The molecule has 0 bridgehead atoms. The molecule has 0 spiro atoms. The molecule has 5 rings (SSSR count). The van der Waals surface area contributed by atoms with Gasteiger partial charge in [0.05, 0.1) is 30.9 Å². The molecule has 0 saturated carbocycles. The van der Waals surface area contributed by atoms with Gasteiger partial charge in [0.15, 0.2) is 0 Å². The molecule has 1 unspecified atom stereocenters. The SMILES string of the molecule is COc1cc2ncnc(NC(C)c3ccccc3)c2cc1NC(=O)C=CCN1CCN2CC(=O)OC[C@H]2C1. The monoisotopic (exact) mass is 516 g/mol. The van der Waals surface area contributed by atoms with Crippen LogP contribution in [0.5, 0.6) is 5.75 Å². The molecular weight excluding hydrogens is 484 g/mol. The standard InChI is InChI=1S/C28H32N6O4/c1-19(20-7-4-3-5-8-20)31-28-22-13-24(25(37-2)14-23(22)29-18-30-28)32-26(35)9-6-10-33-11-12-34-16-27(36)38-17-21(34)15-33/h3-9,13-14,18-19,21H,10-12,15-17H2,1-2H3,(H,32,35)(H,29,30,31)/t19?,21-/m1/s1. The predicted octanol–water partition coefficient (Wildman–Crippen LogP) is 2.85. The number of hydrogen-bond acceptors (Lipinski definition) is 9. The molecule has 1 aromatic heterocycles. The number of carbonyl (C=O) groups is 2. The number of anilines is 2. The summed E-state index contributed by atoms with van der Waals surface area (Å²) >= 11 is 0. The Bertz CT molecular complexity index is 1330. The van der Waals surface area contributed by atoms with E-state index < -0.39 is 0 Å². The van der Waals surface area contributed by atoms with Crippen LogP contribution in [-0.4, -0.2) is 84.1 Å². The highest BCUT2D eigenvalue weighted by Crippen LogP contribution is 2.33. The smallest absolute Gasteiger partial charge is 0.320 e. The first kappa shape index (κ1) is 25.6. The largest absolute Gasteiger partial charge is 0.494 e. The van der Waals surface area contributed by atoms with Crippen LogP contribution in [0.25, 0.3) is 10.9 Å². The number of benzene rings is 2. The molecule has 0 radical (unpaired) electrons. The molecule has 3 heterocycles. The first-order valence-electron chi connectivity index (χ1n) is 12.7. The van der Waals surface area contributed by atoms with Gasteiger partial charge >= 0.3 is 5.97 Å². The van der Waals surface area contributed by atoms with E-state index in [1.54, 1.807) is 13.2 Å². The molecule has 198 valence electrons. The van der Waals surface area contributed by atoms with Gasteiger partial charge in [-0.2, -0.15) is 0 Å². The molecule has 38 heavy (non-hydrogen) atoms. The maximum absolute atomic E-state index is 12.8. The van der Waals surface area contributed by atoms with Crippen LogP contribution in [0, 0.1) is 0 Å². The molecule has 10 nitrogen and oxygen atoms in total. The number of cyclic esters (lactones) is 1. The lowest BCUT2D eigenvalue weighted by Crippen LogP contribution is -2.59. The number of ether oxygens (including phenoxy) is 2. The lowest BCUT2D eigenvalue weighted by atomic mass is 10.1. The molecule has 2 fully saturated rings. The van der Waals surface area contributed by atoms with Gasteiger partial charge in [-0.05, 0) is 18.6 Å². The summed E-state index contributed by atoms with van der Waals surface area (Å²) in [6.45, 7) is 5.94. The van der Waals surface area contributed by atoms with Crippen molar-refractivity contribution in [2.45, 2.75) is 19.0 Å². The highest BCUT2D eigenvalue weighted by Gasteiger charge is 2.32. The highest BCUT2D eigenvalue weighted by molar-refractivity contribution is 6.03. The molecule has 2 N–H and O–H groups in total. The van der Waals surface area contributed by atoms with Crippen molar-refractivity contribution in [2.75, 3.05) is 57.1 Å². The third-order valence-corrected chi connectivity index (χ3v) is 6.96. The highest BCUT2D eigenvalue weighted by atomic mass is 16.5. The average molecular weight is 517 g/mol. The minimum Gasteiger partial charge on any atom is -0.494 e.